The van der Waals surface area contributed by atoms with Gasteiger partial charge in [-0.05, 0) is 25.8 Å². The smallest absolute Gasteiger partial charge is 0.245 e. The number of likely N-dealkylation sites (N-methyl/N-ethyl adjacent to an activating group) is 1. The van der Waals surface area contributed by atoms with Crippen molar-refractivity contribution in [2.45, 2.75) is 45.2 Å². The molecule has 0 aromatic carbocycles. The summed E-state index contributed by atoms with van der Waals surface area (Å²) >= 11 is 0. The van der Waals surface area contributed by atoms with Gasteiger partial charge in [-0.25, -0.2) is 0 Å². The SMILES string of the molecule is CCNC(CC)CN1CC(=O)N2CCCC2C1=O. The van der Waals surface area contributed by atoms with E-state index in [1.807, 2.05) is 0 Å². The molecule has 2 aliphatic rings. The summed E-state index contributed by atoms with van der Waals surface area (Å²) in [5.41, 5.74) is 0. The van der Waals surface area contributed by atoms with Crippen molar-refractivity contribution in [1.82, 2.24) is 15.1 Å². The van der Waals surface area contributed by atoms with E-state index in [0.717, 1.165) is 32.4 Å². The van der Waals surface area contributed by atoms with Crippen LogP contribution in [0, 0.1) is 0 Å². The molecular formula is C13H23N3O2. The molecule has 1 N–H and O–H groups in total. The summed E-state index contributed by atoms with van der Waals surface area (Å²) in [6.07, 6.45) is 2.76. The highest BCUT2D eigenvalue weighted by atomic mass is 16.2. The Morgan fingerprint density at radius 1 is 1.39 bits per heavy atom. The molecule has 102 valence electrons. The number of hydrogen-bond acceptors (Lipinski definition) is 3. The summed E-state index contributed by atoms with van der Waals surface area (Å²) in [5, 5.41) is 3.36. The van der Waals surface area contributed by atoms with Crippen LogP contribution in [0.3, 0.4) is 0 Å². The van der Waals surface area contributed by atoms with E-state index in [1.54, 1.807) is 9.80 Å². The fraction of sp³-hybridized carbons (Fsp3) is 0.846. The highest BCUT2D eigenvalue weighted by Gasteiger charge is 2.42. The zero-order valence-electron chi connectivity index (χ0n) is 11.3. The van der Waals surface area contributed by atoms with Crippen LogP contribution in [0.4, 0.5) is 0 Å². The standard InChI is InChI=1S/C13H23N3O2/c1-3-10(14-4-2)8-15-9-12(17)16-7-5-6-11(16)13(15)18/h10-11,14H,3-9H2,1-2H3. The Hall–Kier alpha value is -1.10. The molecular weight excluding hydrogens is 230 g/mol. The molecule has 2 atom stereocenters. The lowest BCUT2D eigenvalue weighted by atomic mass is 10.1. The molecule has 0 aliphatic carbocycles. The van der Waals surface area contributed by atoms with E-state index >= 15 is 0 Å². The zero-order valence-corrected chi connectivity index (χ0v) is 11.3. The molecule has 2 saturated heterocycles. The van der Waals surface area contributed by atoms with Crippen molar-refractivity contribution in [3.63, 3.8) is 0 Å². The predicted octanol–water partition coefficient (Wildman–Crippen LogP) is 0.208. The van der Waals surface area contributed by atoms with Crippen molar-refractivity contribution in [2.75, 3.05) is 26.2 Å². The second kappa shape index (κ2) is 5.69. The van der Waals surface area contributed by atoms with Crippen LogP contribution in [0.25, 0.3) is 0 Å². The molecule has 0 spiro atoms. The van der Waals surface area contributed by atoms with Crippen molar-refractivity contribution in [3.8, 4) is 0 Å². The molecule has 0 saturated carbocycles. The van der Waals surface area contributed by atoms with Gasteiger partial charge in [0.1, 0.15) is 6.04 Å². The zero-order chi connectivity index (χ0) is 13.1. The lowest BCUT2D eigenvalue weighted by Gasteiger charge is -2.38. The summed E-state index contributed by atoms with van der Waals surface area (Å²) in [6, 6.07) is 0.116. The summed E-state index contributed by atoms with van der Waals surface area (Å²) in [7, 11) is 0. The first-order valence-electron chi connectivity index (χ1n) is 6.99. The van der Waals surface area contributed by atoms with E-state index in [4.69, 9.17) is 0 Å². The molecule has 2 heterocycles. The summed E-state index contributed by atoms with van der Waals surface area (Å²) in [6.45, 7) is 6.73. The predicted molar refractivity (Wildman–Crippen MR) is 69.1 cm³/mol. The molecule has 2 aliphatic heterocycles. The third-order valence-electron chi connectivity index (χ3n) is 3.92. The van der Waals surface area contributed by atoms with Crippen LogP contribution >= 0.6 is 0 Å². The fourth-order valence-electron chi connectivity index (χ4n) is 2.91. The molecule has 5 heteroatoms. The van der Waals surface area contributed by atoms with Gasteiger partial charge in [-0.3, -0.25) is 9.59 Å². The average Bonchev–Trinajstić information content (AvgIpc) is 2.84. The fourth-order valence-corrected chi connectivity index (χ4v) is 2.91. The minimum absolute atomic E-state index is 0.114. The van der Waals surface area contributed by atoms with E-state index < -0.39 is 0 Å². The number of nitrogens with one attached hydrogen (secondary N) is 1. The normalized spacial score (nSPS) is 25.6. The summed E-state index contributed by atoms with van der Waals surface area (Å²) in [4.78, 5) is 27.8. The maximum Gasteiger partial charge on any atom is 0.245 e. The molecule has 0 aromatic rings. The summed E-state index contributed by atoms with van der Waals surface area (Å²) < 4.78 is 0. The first-order chi connectivity index (χ1) is 8.67. The largest absolute Gasteiger partial charge is 0.330 e. The number of hydrogen-bond donors (Lipinski definition) is 1. The first kappa shape index (κ1) is 13.3. The maximum absolute atomic E-state index is 12.3. The van der Waals surface area contributed by atoms with Gasteiger partial charge in [-0.2, -0.15) is 0 Å². The van der Waals surface area contributed by atoms with E-state index in [-0.39, 0.29) is 24.4 Å². The Morgan fingerprint density at radius 3 is 2.83 bits per heavy atom. The highest BCUT2D eigenvalue weighted by molar-refractivity contribution is 5.95. The first-order valence-corrected chi connectivity index (χ1v) is 6.99. The number of carbonyl (C=O) groups excluding carboxylic acids is 2. The quantitative estimate of drug-likeness (QED) is 0.762. The second-order valence-electron chi connectivity index (χ2n) is 5.13. The molecule has 2 unspecified atom stereocenters. The number of nitrogens with zero attached hydrogens (tertiary/aromatic N) is 2. The average molecular weight is 253 g/mol. The van der Waals surface area contributed by atoms with Crippen LogP contribution in [0.1, 0.15) is 33.1 Å². The Morgan fingerprint density at radius 2 is 2.17 bits per heavy atom. The number of rotatable bonds is 5. The van der Waals surface area contributed by atoms with Crippen molar-refractivity contribution in [3.05, 3.63) is 0 Å². The van der Waals surface area contributed by atoms with Crippen molar-refractivity contribution in [1.29, 1.82) is 0 Å². The topological polar surface area (TPSA) is 52.7 Å². The number of carbonyl (C=O) groups is 2. The minimum atomic E-state index is -0.176. The number of fused-ring (bicyclic) bond motifs is 1. The number of piperazine rings is 1. The van der Waals surface area contributed by atoms with Gasteiger partial charge in [0.05, 0.1) is 6.54 Å². The van der Waals surface area contributed by atoms with Gasteiger partial charge >= 0.3 is 0 Å². The van der Waals surface area contributed by atoms with E-state index in [1.165, 1.54) is 0 Å². The van der Waals surface area contributed by atoms with Crippen LogP contribution in [-0.4, -0.2) is 59.9 Å². The van der Waals surface area contributed by atoms with Crippen LogP contribution in [0.2, 0.25) is 0 Å². The molecule has 0 aromatic heterocycles. The Labute approximate surface area is 108 Å². The van der Waals surface area contributed by atoms with Gasteiger partial charge in [-0.1, -0.05) is 13.8 Å². The maximum atomic E-state index is 12.3. The van der Waals surface area contributed by atoms with E-state index in [0.29, 0.717) is 12.6 Å². The Kier molecular flexibility index (Phi) is 4.22. The van der Waals surface area contributed by atoms with Crippen LogP contribution in [0.5, 0.6) is 0 Å². The molecule has 2 fully saturated rings. The minimum Gasteiger partial charge on any atom is -0.330 e. The number of amides is 2. The van der Waals surface area contributed by atoms with Crippen LogP contribution in [0.15, 0.2) is 0 Å². The monoisotopic (exact) mass is 253 g/mol. The third kappa shape index (κ3) is 2.51. The lowest BCUT2D eigenvalue weighted by molar-refractivity contribution is -0.153. The molecule has 18 heavy (non-hydrogen) atoms. The Balaban J connectivity index is 2.00. The van der Waals surface area contributed by atoms with Gasteiger partial charge in [0.2, 0.25) is 11.8 Å². The Bertz CT molecular complexity index is 332. The van der Waals surface area contributed by atoms with Gasteiger partial charge in [0, 0.05) is 19.1 Å². The van der Waals surface area contributed by atoms with Crippen molar-refractivity contribution >= 4 is 11.8 Å². The molecule has 0 bridgehead atoms. The molecule has 5 nitrogen and oxygen atoms in total. The van der Waals surface area contributed by atoms with Gasteiger partial charge in [-0.15, -0.1) is 0 Å². The van der Waals surface area contributed by atoms with Crippen LogP contribution < -0.4 is 5.32 Å². The van der Waals surface area contributed by atoms with Crippen molar-refractivity contribution in [2.24, 2.45) is 0 Å². The van der Waals surface area contributed by atoms with Gasteiger partial charge < -0.3 is 15.1 Å². The second-order valence-corrected chi connectivity index (χ2v) is 5.13. The van der Waals surface area contributed by atoms with Crippen molar-refractivity contribution < 1.29 is 9.59 Å². The third-order valence-corrected chi connectivity index (χ3v) is 3.92. The van der Waals surface area contributed by atoms with Crippen LogP contribution in [-0.2, 0) is 9.59 Å². The molecule has 2 rings (SSSR count). The van der Waals surface area contributed by atoms with Gasteiger partial charge in [0.15, 0.2) is 0 Å². The summed E-state index contributed by atoms with van der Waals surface area (Å²) in [5.74, 6) is 0.256. The molecule has 2 amide bonds. The van der Waals surface area contributed by atoms with E-state index in [9.17, 15) is 9.59 Å². The highest BCUT2D eigenvalue weighted by Crippen LogP contribution is 2.23. The van der Waals surface area contributed by atoms with E-state index in [2.05, 4.69) is 19.2 Å². The molecule has 0 radical (unpaired) electrons. The lowest BCUT2D eigenvalue weighted by Crippen LogP contribution is -2.59. The van der Waals surface area contributed by atoms with Gasteiger partial charge in [0.25, 0.3) is 0 Å².